The molecule has 5 nitrogen and oxygen atoms in total. The summed E-state index contributed by atoms with van der Waals surface area (Å²) in [6, 6.07) is 4.43. The zero-order valence-electron chi connectivity index (χ0n) is 11.3. The van der Waals surface area contributed by atoms with Gasteiger partial charge in [-0.25, -0.2) is 4.39 Å². The predicted molar refractivity (Wildman–Crippen MR) is 79.5 cm³/mol. The Morgan fingerprint density at radius 2 is 2.24 bits per heavy atom. The van der Waals surface area contributed by atoms with Crippen LogP contribution in [0.15, 0.2) is 22.7 Å². The van der Waals surface area contributed by atoms with E-state index >= 15 is 0 Å². The number of nitrogens with one attached hydrogen (secondary N) is 1. The fourth-order valence-corrected chi connectivity index (χ4v) is 2.79. The molecule has 1 saturated heterocycles. The molecule has 7 heteroatoms. The Kier molecular flexibility index (Phi) is 5.30. The minimum atomic E-state index is -0.816. The Labute approximate surface area is 130 Å². The van der Waals surface area contributed by atoms with Crippen LogP contribution < -0.4 is 5.32 Å². The maximum Gasteiger partial charge on any atom is 0.303 e. The van der Waals surface area contributed by atoms with Gasteiger partial charge in [-0.2, -0.15) is 0 Å². The highest BCUT2D eigenvalue weighted by Crippen LogP contribution is 2.21. The second kappa shape index (κ2) is 7.00. The molecule has 1 fully saturated rings. The Morgan fingerprint density at radius 1 is 1.48 bits per heavy atom. The highest BCUT2D eigenvalue weighted by molar-refractivity contribution is 9.10. The average Bonchev–Trinajstić information content (AvgIpc) is 2.79. The van der Waals surface area contributed by atoms with Crippen LogP contribution in [0.5, 0.6) is 0 Å². The van der Waals surface area contributed by atoms with E-state index in [4.69, 9.17) is 5.11 Å². The van der Waals surface area contributed by atoms with E-state index in [0.717, 1.165) is 6.42 Å². The lowest BCUT2D eigenvalue weighted by molar-refractivity contribution is -0.138. The molecule has 2 rings (SSSR count). The van der Waals surface area contributed by atoms with Gasteiger partial charge in [0.25, 0.3) is 0 Å². The number of hydrogen-bond donors (Lipinski definition) is 2. The van der Waals surface area contributed by atoms with E-state index in [-0.39, 0.29) is 30.5 Å². The number of aliphatic carboxylic acids is 1. The van der Waals surface area contributed by atoms with Crippen LogP contribution in [0.3, 0.4) is 0 Å². The molecule has 1 heterocycles. The topological polar surface area (TPSA) is 69.6 Å². The molecule has 1 aliphatic rings. The normalized spacial score (nSPS) is 18.7. The lowest BCUT2D eigenvalue weighted by Crippen LogP contribution is -2.32. The maximum absolute atomic E-state index is 13.6. The Hall–Kier alpha value is -1.47. The van der Waals surface area contributed by atoms with Gasteiger partial charge in [-0.15, -0.1) is 0 Å². The molecule has 0 spiro atoms. The predicted octanol–water partition coefficient (Wildman–Crippen LogP) is 2.32. The average molecular weight is 359 g/mol. The number of hydrogen-bond acceptors (Lipinski definition) is 3. The summed E-state index contributed by atoms with van der Waals surface area (Å²) in [4.78, 5) is 24.4. The first kappa shape index (κ1) is 15.9. The molecule has 1 aliphatic heterocycles. The largest absolute Gasteiger partial charge is 0.481 e. The molecule has 0 radical (unpaired) electrons. The van der Waals surface area contributed by atoms with Crippen LogP contribution in [0, 0.1) is 11.7 Å². The van der Waals surface area contributed by atoms with Gasteiger partial charge >= 0.3 is 5.97 Å². The molecule has 1 unspecified atom stereocenters. The molecule has 0 aliphatic carbocycles. The third kappa shape index (κ3) is 4.78. The number of carboxylic acids is 1. The number of carboxylic acid groups (broad SMARTS) is 1. The quantitative estimate of drug-likeness (QED) is 0.847. The van der Waals surface area contributed by atoms with Crippen molar-refractivity contribution in [1.82, 2.24) is 4.90 Å². The van der Waals surface area contributed by atoms with E-state index < -0.39 is 11.8 Å². The summed E-state index contributed by atoms with van der Waals surface area (Å²) in [5, 5.41) is 11.3. The maximum atomic E-state index is 13.6. The Morgan fingerprint density at radius 3 is 2.90 bits per heavy atom. The van der Waals surface area contributed by atoms with Crippen molar-refractivity contribution >= 4 is 33.5 Å². The number of carbonyl (C=O) groups is 2. The molecule has 0 aromatic heterocycles. The zero-order chi connectivity index (χ0) is 15.4. The summed E-state index contributed by atoms with van der Waals surface area (Å²) >= 11 is 3.15. The molecule has 1 atom stereocenters. The number of anilines is 1. The zero-order valence-corrected chi connectivity index (χ0v) is 12.9. The number of carbonyl (C=O) groups excluding carboxylic acids is 1. The first-order valence-corrected chi connectivity index (χ1v) is 7.42. The van der Waals surface area contributed by atoms with Gasteiger partial charge in [-0.05, 0) is 37.1 Å². The van der Waals surface area contributed by atoms with Crippen LogP contribution in [0.25, 0.3) is 0 Å². The van der Waals surface area contributed by atoms with Crippen LogP contribution >= 0.6 is 15.9 Å². The van der Waals surface area contributed by atoms with Crippen molar-refractivity contribution in [3.05, 3.63) is 28.5 Å². The molecule has 1 aromatic rings. The summed E-state index contributed by atoms with van der Waals surface area (Å²) in [5.41, 5.74) is 0.143. The molecule has 1 amide bonds. The highest BCUT2D eigenvalue weighted by atomic mass is 79.9. The summed E-state index contributed by atoms with van der Waals surface area (Å²) < 4.78 is 14.2. The van der Waals surface area contributed by atoms with Crippen molar-refractivity contribution in [2.24, 2.45) is 5.92 Å². The van der Waals surface area contributed by atoms with Crippen LogP contribution in [0.2, 0.25) is 0 Å². The minimum absolute atomic E-state index is 0.0831. The summed E-state index contributed by atoms with van der Waals surface area (Å²) in [5.74, 6) is -1.53. The van der Waals surface area contributed by atoms with Gasteiger partial charge < -0.3 is 10.4 Å². The van der Waals surface area contributed by atoms with E-state index in [1.54, 1.807) is 6.07 Å². The van der Waals surface area contributed by atoms with Crippen LogP contribution in [-0.2, 0) is 9.59 Å². The SMILES string of the molecule is O=C(O)CC1CCN(CC(=O)Nc2ccc(Br)cc2F)C1. The number of nitrogens with zero attached hydrogens (tertiary/aromatic N) is 1. The molecule has 0 bridgehead atoms. The number of amides is 1. The lowest BCUT2D eigenvalue weighted by Gasteiger charge is -2.15. The third-order valence-electron chi connectivity index (χ3n) is 3.41. The van der Waals surface area contributed by atoms with Gasteiger partial charge in [0.2, 0.25) is 5.91 Å². The van der Waals surface area contributed by atoms with Crippen molar-refractivity contribution in [2.45, 2.75) is 12.8 Å². The van der Waals surface area contributed by atoms with Crippen LogP contribution in [-0.4, -0.2) is 41.5 Å². The van der Waals surface area contributed by atoms with Gasteiger partial charge in [0, 0.05) is 17.4 Å². The highest BCUT2D eigenvalue weighted by Gasteiger charge is 2.25. The smallest absolute Gasteiger partial charge is 0.303 e. The van der Waals surface area contributed by atoms with E-state index in [9.17, 15) is 14.0 Å². The Bertz CT molecular complexity index is 553. The van der Waals surface area contributed by atoms with E-state index in [1.165, 1.54) is 12.1 Å². The van der Waals surface area contributed by atoms with Crippen molar-refractivity contribution in [2.75, 3.05) is 25.0 Å². The van der Waals surface area contributed by atoms with Gasteiger partial charge in [0.05, 0.1) is 12.2 Å². The fourth-order valence-electron chi connectivity index (χ4n) is 2.45. The molecule has 0 saturated carbocycles. The van der Waals surface area contributed by atoms with E-state index in [2.05, 4.69) is 21.2 Å². The number of likely N-dealkylation sites (tertiary alicyclic amines) is 1. The minimum Gasteiger partial charge on any atom is -0.481 e. The fraction of sp³-hybridized carbons (Fsp3) is 0.429. The standard InChI is InChI=1S/C14H16BrFN2O3/c15-10-1-2-12(11(16)6-10)17-13(19)8-18-4-3-9(7-18)5-14(20)21/h1-2,6,9H,3-5,7-8H2,(H,17,19)(H,20,21). The van der Waals surface area contributed by atoms with Gasteiger partial charge in [-0.3, -0.25) is 14.5 Å². The lowest BCUT2D eigenvalue weighted by atomic mass is 10.1. The van der Waals surface area contributed by atoms with Crippen molar-refractivity contribution < 1.29 is 19.1 Å². The van der Waals surface area contributed by atoms with E-state index in [0.29, 0.717) is 17.6 Å². The molecular formula is C14H16BrFN2O3. The van der Waals surface area contributed by atoms with Gasteiger partial charge in [0.1, 0.15) is 5.82 Å². The van der Waals surface area contributed by atoms with Crippen molar-refractivity contribution in [3.8, 4) is 0 Å². The first-order valence-electron chi connectivity index (χ1n) is 6.63. The third-order valence-corrected chi connectivity index (χ3v) is 3.90. The van der Waals surface area contributed by atoms with Crippen molar-refractivity contribution in [3.63, 3.8) is 0 Å². The van der Waals surface area contributed by atoms with Gasteiger partial charge in [0.15, 0.2) is 0 Å². The van der Waals surface area contributed by atoms with Crippen LogP contribution in [0.4, 0.5) is 10.1 Å². The Balaban J connectivity index is 1.84. The molecule has 114 valence electrons. The monoisotopic (exact) mass is 358 g/mol. The van der Waals surface area contributed by atoms with E-state index in [1.807, 2.05) is 4.90 Å². The molecule has 1 aromatic carbocycles. The summed E-state index contributed by atoms with van der Waals surface area (Å²) in [7, 11) is 0. The molecular weight excluding hydrogens is 343 g/mol. The first-order chi connectivity index (χ1) is 9.94. The summed E-state index contributed by atoms with van der Waals surface area (Å²) in [6.45, 7) is 1.42. The van der Waals surface area contributed by atoms with Gasteiger partial charge in [-0.1, -0.05) is 15.9 Å². The second-order valence-electron chi connectivity index (χ2n) is 5.16. The van der Waals surface area contributed by atoms with Crippen molar-refractivity contribution in [1.29, 1.82) is 0 Å². The number of benzene rings is 1. The second-order valence-corrected chi connectivity index (χ2v) is 6.08. The molecule has 2 N–H and O–H groups in total. The molecule has 21 heavy (non-hydrogen) atoms. The number of halogens is 2. The van der Waals surface area contributed by atoms with Crippen LogP contribution in [0.1, 0.15) is 12.8 Å². The summed E-state index contributed by atoms with van der Waals surface area (Å²) in [6.07, 6.45) is 0.895. The number of rotatable bonds is 5.